The Hall–Kier alpha value is -3.03. The van der Waals surface area contributed by atoms with Gasteiger partial charge in [-0.15, -0.1) is 0 Å². The van der Waals surface area contributed by atoms with Crippen molar-refractivity contribution in [2.24, 2.45) is 5.92 Å². The molecule has 2 saturated heterocycles. The average Bonchev–Trinajstić information content (AvgIpc) is 3.44. The van der Waals surface area contributed by atoms with Gasteiger partial charge in [0.05, 0.1) is 30.6 Å². The molecule has 1 atom stereocenters. The molecular formula is C19H21N3O5. The molecule has 2 aromatic heterocycles. The lowest BCUT2D eigenvalue weighted by Gasteiger charge is -2.35. The van der Waals surface area contributed by atoms with Gasteiger partial charge in [-0.3, -0.25) is 14.4 Å². The van der Waals surface area contributed by atoms with E-state index >= 15 is 0 Å². The molecule has 8 nitrogen and oxygen atoms in total. The van der Waals surface area contributed by atoms with E-state index in [1.807, 2.05) is 6.07 Å². The molecular weight excluding hydrogens is 350 g/mol. The number of piperazine rings is 1. The largest absolute Gasteiger partial charge is 0.472 e. The molecule has 0 spiro atoms. The zero-order valence-electron chi connectivity index (χ0n) is 14.9. The standard InChI is InChI=1S/C19H21N3O5/c23-17-10-15(11-22(17)12-16-2-1-8-27-16)19(25)21-6-4-20(5-7-21)18(24)14-3-9-26-13-14/h1-3,8-9,13,15H,4-7,10-12H2. The van der Waals surface area contributed by atoms with Gasteiger partial charge < -0.3 is 23.5 Å². The summed E-state index contributed by atoms with van der Waals surface area (Å²) < 4.78 is 10.2. The Labute approximate surface area is 156 Å². The van der Waals surface area contributed by atoms with E-state index in [0.717, 1.165) is 0 Å². The highest BCUT2D eigenvalue weighted by Gasteiger charge is 2.37. The maximum absolute atomic E-state index is 12.8. The fourth-order valence-corrected chi connectivity index (χ4v) is 3.64. The zero-order chi connectivity index (χ0) is 18.8. The molecule has 0 aliphatic carbocycles. The van der Waals surface area contributed by atoms with E-state index in [9.17, 15) is 14.4 Å². The lowest BCUT2D eigenvalue weighted by molar-refractivity contribution is -0.137. The predicted molar refractivity (Wildman–Crippen MR) is 93.4 cm³/mol. The molecule has 3 amide bonds. The van der Waals surface area contributed by atoms with E-state index in [2.05, 4.69) is 0 Å². The highest BCUT2D eigenvalue weighted by molar-refractivity contribution is 5.94. The van der Waals surface area contributed by atoms with E-state index in [4.69, 9.17) is 8.83 Å². The van der Waals surface area contributed by atoms with Crippen molar-refractivity contribution in [1.29, 1.82) is 0 Å². The van der Waals surface area contributed by atoms with Crippen LogP contribution in [-0.2, 0) is 16.1 Å². The van der Waals surface area contributed by atoms with E-state index in [1.165, 1.54) is 12.5 Å². The van der Waals surface area contributed by atoms with Crippen LogP contribution in [0.15, 0.2) is 45.8 Å². The minimum Gasteiger partial charge on any atom is -0.472 e. The van der Waals surface area contributed by atoms with Crippen molar-refractivity contribution < 1.29 is 23.2 Å². The summed E-state index contributed by atoms with van der Waals surface area (Å²) in [6, 6.07) is 5.24. The summed E-state index contributed by atoms with van der Waals surface area (Å²) in [5, 5.41) is 0. The first-order chi connectivity index (χ1) is 13.1. The van der Waals surface area contributed by atoms with E-state index < -0.39 is 0 Å². The van der Waals surface area contributed by atoms with Gasteiger partial charge in [0.2, 0.25) is 11.8 Å². The van der Waals surface area contributed by atoms with Crippen LogP contribution < -0.4 is 0 Å². The van der Waals surface area contributed by atoms with Gasteiger partial charge in [-0.1, -0.05) is 0 Å². The van der Waals surface area contributed by atoms with Crippen LogP contribution in [0.1, 0.15) is 22.5 Å². The summed E-state index contributed by atoms with van der Waals surface area (Å²) in [5.74, 6) is 0.252. The maximum atomic E-state index is 12.8. The van der Waals surface area contributed by atoms with Crippen molar-refractivity contribution in [2.75, 3.05) is 32.7 Å². The Kier molecular flexibility index (Phi) is 4.70. The van der Waals surface area contributed by atoms with Crippen LogP contribution in [-0.4, -0.2) is 65.1 Å². The Morgan fingerprint density at radius 2 is 1.85 bits per heavy atom. The molecule has 2 aliphatic rings. The molecule has 142 valence electrons. The Bertz CT molecular complexity index is 807. The molecule has 0 radical (unpaired) electrons. The molecule has 8 heteroatoms. The third-order valence-electron chi connectivity index (χ3n) is 5.14. The summed E-state index contributed by atoms with van der Waals surface area (Å²) in [6.07, 6.45) is 4.70. The molecule has 0 bridgehead atoms. The van der Waals surface area contributed by atoms with Gasteiger partial charge in [0, 0.05) is 39.1 Å². The minimum atomic E-state index is -0.330. The first-order valence-corrected chi connectivity index (χ1v) is 9.02. The smallest absolute Gasteiger partial charge is 0.257 e. The van der Waals surface area contributed by atoms with Crippen LogP contribution in [0.5, 0.6) is 0 Å². The number of nitrogens with zero attached hydrogens (tertiary/aromatic N) is 3. The van der Waals surface area contributed by atoms with Crippen molar-refractivity contribution in [3.05, 3.63) is 48.3 Å². The van der Waals surface area contributed by atoms with Crippen molar-refractivity contribution >= 4 is 17.7 Å². The molecule has 4 rings (SSSR count). The molecule has 2 aromatic rings. The molecule has 1 unspecified atom stereocenters. The van der Waals surface area contributed by atoms with E-state index in [0.29, 0.717) is 50.6 Å². The van der Waals surface area contributed by atoms with Gasteiger partial charge in [0.25, 0.3) is 5.91 Å². The zero-order valence-corrected chi connectivity index (χ0v) is 14.9. The number of hydrogen-bond acceptors (Lipinski definition) is 5. The monoisotopic (exact) mass is 371 g/mol. The van der Waals surface area contributed by atoms with E-state index in [-0.39, 0.29) is 30.1 Å². The Morgan fingerprint density at radius 1 is 1.07 bits per heavy atom. The predicted octanol–water partition coefficient (Wildman–Crippen LogP) is 1.21. The van der Waals surface area contributed by atoms with Gasteiger partial charge in [-0.2, -0.15) is 0 Å². The van der Waals surface area contributed by atoms with Crippen LogP contribution in [0.25, 0.3) is 0 Å². The SMILES string of the molecule is O=C1CC(C(=O)N2CCN(C(=O)c3ccoc3)CC2)CN1Cc1ccco1. The molecule has 2 aliphatic heterocycles. The van der Waals surface area contributed by atoms with Crippen LogP contribution in [0.2, 0.25) is 0 Å². The second-order valence-corrected chi connectivity index (χ2v) is 6.88. The van der Waals surface area contributed by atoms with Crippen molar-refractivity contribution in [3.8, 4) is 0 Å². The number of furan rings is 2. The van der Waals surface area contributed by atoms with Crippen LogP contribution in [0.3, 0.4) is 0 Å². The topological polar surface area (TPSA) is 87.2 Å². The third kappa shape index (κ3) is 3.60. The number of carbonyl (C=O) groups is 3. The fraction of sp³-hybridized carbons (Fsp3) is 0.421. The highest BCUT2D eigenvalue weighted by atomic mass is 16.3. The summed E-state index contributed by atoms with van der Waals surface area (Å²) >= 11 is 0. The number of likely N-dealkylation sites (tertiary alicyclic amines) is 1. The Balaban J connectivity index is 1.30. The van der Waals surface area contributed by atoms with Crippen molar-refractivity contribution in [2.45, 2.75) is 13.0 Å². The number of amides is 3. The number of rotatable bonds is 4. The Morgan fingerprint density at radius 3 is 2.52 bits per heavy atom. The molecule has 0 saturated carbocycles. The second kappa shape index (κ2) is 7.30. The van der Waals surface area contributed by atoms with Gasteiger partial charge in [-0.25, -0.2) is 0 Å². The molecule has 2 fully saturated rings. The lowest BCUT2D eigenvalue weighted by Crippen LogP contribution is -2.52. The van der Waals surface area contributed by atoms with Crippen LogP contribution >= 0.6 is 0 Å². The third-order valence-corrected chi connectivity index (χ3v) is 5.14. The van der Waals surface area contributed by atoms with Gasteiger partial charge in [0.15, 0.2) is 0 Å². The summed E-state index contributed by atoms with van der Waals surface area (Å²) in [7, 11) is 0. The average molecular weight is 371 g/mol. The normalized spacial score (nSPS) is 20.4. The van der Waals surface area contributed by atoms with Crippen molar-refractivity contribution in [3.63, 3.8) is 0 Å². The number of hydrogen-bond donors (Lipinski definition) is 0. The second-order valence-electron chi connectivity index (χ2n) is 6.88. The van der Waals surface area contributed by atoms with Crippen molar-refractivity contribution in [1.82, 2.24) is 14.7 Å². The van der Waals surface area contributed by atoms with Gasteiger partial charge >= 0.3 is 0 Å². The van der Waals surface area contributed by atoms with Crippen LogP contribution in [0.4, 0.5) is 0 Å². The quantitative estimate of drug-likeness (QED) is 0.806. The fourth-order valence-electron chi connectivity index (χ4n) is 3.64. The van der Waals surface area contributed by atoms with Crippen LogP contribution in [0, 0.1) is 5.92 Å². The molecule has 0 aromatic carbocycles. The van der Waals surface area contributed by atoms with Gasteiger partial charge in [0.1, 0.15) is 12.0 Å². The highest BCUT2D eigenvalue weighted by Crippen LogP contribution is 2.23. The summed E-state index contributed by atoms with van der Waals surface area (Å²) in [6.45, 7) is 2.71. The lowest BCUT2D eigenvalue weighted by atomic mass is 10.1. The summed E-state index contributed by atoms with van der Waals surface area (Å²) in [4.78, 5) is 42.5. The molecule has 27 heavy (non-hydrogen) atoms. The van der Waals surface area contributed by atoms with E-state index in [1.54, 1.807) is 33.1 Å². The molecule has 0 N–H and O–H groups in total. The first kappa shape index (κ1) is 17.4. The maximum Gasteiger partial charge on any atom is 0.257 e. The first-order valence-electron chi connectivity index (χ1n) is 9.02. The summed E-state index contributed by atoms with van der Waals surface area (Å²) in [5.41, 5.74) is 0.518. The minimum absolute atomic E-state index is 0.0132. The molecule has 4 heterocycles. The number of carbonyl (C=O) groups excluding carboxylic acids is 3. The van der Waals surface area contributed by atoms with Gasteiger partial charge in [-0.05, 0) is 18.2 Å².